The minimum absolute atomic E-state index is 0.00229. The zero-order valence-electron chi connectivity index (χ0n) is 16.5. The number of amides is 1. The third-order valence-corrected chi connectivity index (χ3v) is 5.21. The summed E-state index contributed by atoms with van der Waals surface area (Å²) in [6.07, 6.45) is 5.92. The van der Waals surface area contributed by atoms with Crippen molar-refractivity contribution in [3.63, 3.8) is 0 Å². The number of hydrogen-bond acceptors (Lipinski definition) is 5. The maximum absolute atomic E-state index is 12.1. The third-order valence-electron chi connectivity index (χ3n) is 5.21. The fourth-order valence-electron chi connectivity index (χ4n) is 3.88. The van der Waals surface area contributed by atoms with Crippen LogP contribution in [0.5, 0.6) is 0 Å². The van der Waals surface area contributed by atoms with Crippen LogP contribution in [0.15, 0.2) is 42.9 Å². The van der Waals surface area contributed by atoms with E-state index in [2.05, 4.69) is 32.8 Å². The van der Waals surface area contributed by atoms with Gasteiger partial charge in [0.1, 0.15) is 5.69 Å². The van der Waals surface area contributed by atoms with E-state index >= 15 is 0 Å². The molecule has 4 heterocycles. The van der Waals surface area contributed by atoms with Crippen LogP contribution >= 0.6 is 0 Å². The summed E-state index contributed by atoms with van der Waals surface area (Å²) in [7, 11) is 3.83. The van der Waals surface area contributed by atoms with Gasteiger partial charge in [-0.25, -0.2) is 0 Å². The summed E-state index contributed by atoms with van der Waals surface area (Å²) in [6.45, 7) is 2.00. The Morgan fingerprint density at radius 3 is 2.79 bits per heavy atom. The molecule has 0 unspecified atom stereocenters. The van der Waals surface area contributed by atoms with Gasteiger partial charge in [0.25, 0.3) is 0 Å². The molecule has 8 heteroatoms. The summed E-state index contributed by atoms with van der Waals surface area (Å²) >= 11 is 0. The minimum atomic E-state index is 0.00229. The Morgan fingerprint density at radius 1 is 1.14 bits per heavy atom. The Morgan fingerprint density at radius 2 is 2.00 bits per heavy atom. The van der Waals surface area contributed by atoms with E-state index in [1.807, 2.05) is 50.2 Å². The molecule has 1 aromatic carbocycles. The van der Waals surface area contributed by atoms with Crippen molar-refractivity contribution in [2.24, 2.45) is 14.1 Å². The Hall–Kier alpha value is -3.68. The molecule has 0 fully saturated rings. The highest BCUT2D eigenvalue weighted by Gasteiger charge is 2.22. The van der Waals surface area contributed by atoms with E-state index in [9.17, 15) is 4.79 Å². The number of carbonyl (C=O) groups is 1. The van der Waals surface area contributed by atoms with Gasteiger partial charge in [-0.15, -0.1) is 0 Å². The first-order chi connectivity index (χ1) is 14.0. The number of benzene rings is 1. The van der Waals surface area contributed by atoms with Crippen LogP contribution in [0.25, 0.3) is 33.4 Å². The van der Waals surface area contributed by atoms with Gasteiger partial charge in [0.2, 0.25) is 5.91 Å². The number of fused-ring (bicyclic) bond motifs is 2. The van der Waals surface area contributed by atoms with Crippen molar-refractivity contribution in [2.45, 2.75) is 19.4 Å². The SMILES string of the molecule is C[C@@H]1CC(=O)Nc2ccnc(-c3ccc4c(c3)c(-c3cnn(C)c3)nn4C)c2N1. The van der Waals surface area contributed by atoms with Gasteiger partial charge < -0.3 is 10.6 Å². The van der Waals surface area contributed by atoms with Gasteiger partial charge in [-0.05, 0) is 25.1 Å². The molecule has 5 rings (SSSR count). The summed E-state index contributed by atoms with van der Waals surface area (Å²) in [5.74, 6) is 0.00229. The number of aryl methyl sites for hydroxylation is 2. The Balaban J connectivity index is 1.69. The van der Waals surface area contributed by atoms with Gasteiger partial charge in [-0.2, -0.15) is 10.2 Å². The lowest BCUT2D eigenvalue weighted by Crippen LogP contribution is -2.19. The highest BCUT2D eigenvalue weighted by Crippen LogP contribution is 2.37. The van der Waals surface area contributed by atoms with Gasteiger partial charge in [-0.1, -0.05) is 6.07 Å². The Kier molecular flexibility index (Phi) is 3.87. The van der Waals surface area contributed by atoms with Crippen LogP contribution < -0.4 is 10.6 Å². The maximum Gasteiger partial charge on any atom is 0.226 e. The van der Waals surface area contributed by atoms with E-state index in [4.69, 9.17) is 5.10 Å². The normalized spacial score (nSPS) is 16.2. The topological polar surface area (TPSA) is 89.7 Å². The van der Waals surface area contributed by atoms with Crippen molar-refractivity contribution in [1.29, 1.82) is 0 Å². The van der Waals surface area contributed by atoms with Crippen LogP contribution in [0.4, 0.5) is 11.4 Å². The van der Waals surface area contributed by atoms with E-state index in [0.29, 0.717) is 6.42 Å². The monoisotopic (exact) mass is 387 g/mol. The van der Waals surface area contributed by atoms with Crippen LogP contribution in [0, 0.1) is 0 Å². The predicted octanol–water partition coefficient (Wildman–Crippen LogP) is 3.18. The molecule has 1 aliphatic rings. The van der Waals surface area contributed by atoms with Crippen LogP contribution in [0.3, 0.4) is 0 Å². The van der Waals surface area contributed by atoms with E-state index in [-0.39, 0.29) is 11.9 Å². The second kappa shape index (κ2) is 6.44. The summed E-state index contributed by atoms with van der Waals surface area (Å²) in [5.41, 5.74) is 6.25. The number of carbonyl (C=O) groups excluding carboxylic acids is 1. The standard InChI is InChI=1S/C21H21N7O/c1-12-8-18(29)25-16-6-7-22-20(21(16)24-12)13-4-5-17-15(9-13)19(26-28(17)3)14-10-23-27(2)11-14/h4-7,9-12,24H,8H2,1-3H3,(H,25,29)/t12-/m1/s1. The first kappa shape index (κ1) is 17.4. The van der Waals surface area contributed by atoms with Crippen LogP contribution in [-0.4, -0.2) is 36.5 Å². The number of pyridine rings is 1. The van der Waals surface area contributed by atoms with Gasteiger partial charge in [0, 0.05) is 55.5 Å². The molecule has 4 aromatic rings. The van der Waals surface area contributed by atoms with Gasteiger partial charge in [0.15, 0.2) is 0 Å². The zero-order valence-corrected chi connectivity index (χ0v) is 16.5. The maximum atomic E-state index is 12.1. The lowest BCUT2D eigenvalue weighted by atomic mass is 10.0. The average molecular weight is 387 g/mol. The van der Waals surface area contributed by atoms with Gasteiger partial charge >= 0.3 is 0 Å². The molecule has 146 valence electrons. The summed E-state index contributed by atoms with van der Waals surface area (Å²) in [6, 6.07) is 8.04. The van der Waals surface area contributed by atoms with Crippen molar-refractivity contribution < 1.29 is 4.79 Å². The molecule has 1 amide bonds. The second-order valence-electron chi connectivity index (χ2n) is 7.49. The first-order valence-corrected chi connectivity index (χ1v) is 9.51. The molecule has 0 radical (unpaired) electrons. The van der Waals surface area contributed by atoms with Gasteiger partial charge in [-0.3, -0.25) is 19.1 Å². The van der Waals surface area contributed by atoms with Crippen molar-refractivity contribution >= 4 is 28.2 Å². The molecule has 1 aliphatic heterocycles. The summed E-state index contributed by atoms with van der Waals surface area (Å²) in [4.78, 5) is 16.7. The minimum Gasteiger partial charge on any atom is -0.379 e. The first-order valence-electron chi connectivity index (χ1n) is 9.51. The van der Waals surface area contributed by atoms with E-state index in [0.717, 1.165) is 44.8 Å². The lowest BCUT2D eigenvalue weighted by Gasteiger charge is -2.15. The van der Waals surface area contributed by atoms with Crippen molar-refractivity contribution in [3.8, 4) is 22.5 Å². The van der Waals surface area contributed by atoms with E-state index in [1.54, 1.807) is 10.9 Å². The number of nitrogens with one attached hydrogen (secondary N) is 2. The zero-order chi connectivity index (χ0) is 20.1. The van der Waals surface area contributed by atoms with E-state index in [1.165, 1.54) is 0 Å². The molecular formula is C21H21N7O. The largest absolute Gasteiger partial charge is 0.379 e. The molecule has 0 saturated heterocycles. The van der Waals surface area contributed by atoms with Crippen LogP contribution in [-0.2, 0) is 18.9 Å². The second-order valence-corrected chi connectivity index (χ2v) is 7.49. The summed E-state index contributed by atoms with van der Waals surface area (Å²) in [5, 5.41) is 16.4. The van der Waals surface area contributed by atoms with Crippen molar-refractivity contribution in [3.05, 3.63) is 42.9 Å². The number of nitrogens with zero attached hydrogens (tertiary/aromatic N) is 5. The number of hydrogen-bond donors (Lipinski definition) is 2. The quantitative estimate of drug-likeness (QED) is 0.551. The fourth-order valence-corrected chi connectivity index (χ4v) is 3.88. The van der Waals surface area contributed by atoms with Crippen molar-refractivity contribution in [2.75, 3.05) is 10.6 Å². The number of aromatic nitrogens is 5. The van der Waals surface area contributed by atoms with Crippen molar-refractivity contribution in [1.82, 2.24) is 24.5 Å². The summed E-state index contributed by atoms with van der Waals surface area (Å²) < 4.78 is 3.65. The predicted molar refractivity (Wildman–Crippen MR) is 112 cm³/mol. The third kappa shape index (κ3) is 2.93. The molecule has 0 spiro atoms. The molecular weight excluding hydrogens is 366 g/mol. The molecule has 8 nitrogen and oxygen atoms in total. The van der Waals surface area contributed by atoms with E-state index < -0.39 is 0 Å². The molecule has 1 atom stereocenters. The smallest absolute Gasteiger partial charge is 0.226 e. The van der Waals surface area contributed by atoms with Crippen LogP contribution in [0.2, 0.25) is 0 Å². The highest BCUT2D eigenvalue weighted by atomic mass is 16.1. The molecule has 0 bridgehead atoms. The van der Waals surface area contributed by atoms with Gasteiger partial charge in [0.05, 0.1) is 28.8 Å². The lowest BCUT2D eigenvalue weighted by molar-refractivity contribution is -0.116. The number of anilines is 2. The molecule has 0 aliphatic carbocycles. The van der Waals surface area contributed by atoms with Crippen LogP contribution in [0.1, 0.15) is 13.3 Å². The highest BCUT2D eigenvalue weighted by molar-refractivity contribution is 6.01. The molecule has 29 heavy (non-hydrogen) atoms. The molecule has 2 N–H and O–H groups in total. The average Bonchev–Trinajstić information content (AvgIpc) is 3.21. The Bertz CT molecular complexity index is 1250. The molecule has 3 aromatic heterocycles. The number of rotatable bonds is 2. The Labute approximate surface area is 167 Å². The molecule has 0 saturated carbocycles. The fraction of sp³-hybridized carbons (Fsp3) is 0.238.